The van der Waals surface area contributed by atoms with Gasteiger partial charge in [0, 0.05) is 6.08 Å². The Hall–Kier alpha value is -2.30. The van der Waals surface area contributed by atoms with Gasteiger partial charge in [0.05, 0.1) is 6.04 Å². The zero-order valence-corrected chi connectivity index (χ0v) is 9.38. The van der Waals surface area contributed by atoms with Crippen LogP contribution in [0.5, 0.6) is 0 Å². The number of aliphatic carboxylic acids is 1. The van der Waals surface area contributed by atoms with Crippen LogP contribution in [0.25, 0.3) is 6.08 Å². The molecule has 0 aliphatic rings. The number of carboxylic acids is 1. The maximum Gasteiger partial charge on any atom is 0.328 e. The van der Waals surface area contributed by atoms with Gasteiger partial charge in [-0.3, -0.25) is 0 Å². The molecule has 0 saturated carbocycles. The van der Waals surface area contributed by atoms with Crippen molar-refractivity contribution in [3.63, 3.8) is 0 Å². The molecule has 0 saturated heterocycles. The van der Waals surface area contributed by atoms with Gasteiger partial charge in [-0.15, -0.1) is 0 Å². The Bertz CT molecular complexity index is 438. The van der Waals surface area contributed by atoms with Crippen molar-refractivity contribution >= 4 is 18.1 Å². The quantitative estimate of drug-likeness (QED) is 0.689. The Morgan fingerprint density at radius 2 is 1.94 bits per heavy atom. The molecule has 4 N–H and O–H groups in total. The third-order valence-electron chi connectivity index (χ3n) is 2.21. The highest BCUT2D eigenvalue weighted by Crippen LogP contribution is 2.13. The highest BCUT2D eigenvalue weighted by Gasteiger charge is 2.05. The van der Waals surface area contributed by atoms with E-state index in [9.17, 15) is 9.59 Å². The number of nitrogens with one attached hydrogen (secondary N) is 1. The number of carbonyl (C=O) groups is 2. The fraction of sp³-hybridized carbons (Fsp3) is 0.167. The molecule has 0 aliphatic heterocycles. The topological polar surface area (TPSA) is 92.4 Å². The summed E-state index contributed by atoms with van der Waals surface area (Å²) in [5.41, 5.74) is 6.69. The number of nitrogens with two attached hydrogens (primary N) is 1. The average molecular weight is 234 g/mol. The maximum absolute atomic E-state index is 10.7. The van der Waals surface area contributed by atoms with Crippen molar-refractivity contribution in [2.75, 3.05) is 0 Å². The fourth-order valence-electron chi connectivity index (χ4n) is 1.36. The molecule has 0 radical (unpaired) electrons. The van der Waals surface area contributed by atoms with Gasteiger partial charge in [-0.2, -0.15) is 0 Å². The van der Waals surface area contributed by atoms with Crippen LogP contribution in [0.2, 0.25) is 0 Å². The van der Waals surface area contributed by atoms with Crippen molar-refractivity contribution in [3.8, 4) is 0 Å². The van der Waals surface area contributed by atoms with E-state index in [4.69, 9.17) is 10.8 Å². The zero-order valence-electron chi connectivity index (χ0n) is 9.38. The van der Waals surface area contributed by atoms with Crippen LogP contribution in [-0.4, -0.2) is 17.1 Å². The van der Waals surface area contributed by atoms with E-state index in [1.165, 1.54) is 6.08 Å². The lowest BCUT2D eigenvalue weighted by Crippen LogP contribution is -2.31. The third kappa shape index (κ3) is 4.38. The Morgan fingerprint density at radius 3 is 2.41 bits per heavy atom. The number of primary amides is 1. The van der Waals surface area contributed by atoms with Crippen molar-refractivity contribution in [3.05, 3.63) is 41.5 Å². The second-order valence-corrected chi connectivity index (χ2v) is 3.57. The molecule has 0 fully saturated rings. The van der Waals surface area contributed by atoms with Crippen LogP contribution in [0.3, 0.4) is 0 Å². The zero-order chi connectivity index (χ0) is 12.8. The number of hydrogen-bond donors (Lipinski definition) is 3. The molecule has 0 bridgehead atoms. The summed E-state index contributed by atoms with van der Waals surface area (Å²) >= 11 is 0. The second kappa shape index (κ2) is 5.69. The van der Waals surface area contributed by atoms with Gasteiger partial charge < -0.3 is 16.2 Å². The first-order valence-electron chi connectivity index (χ1n) is 5.06. The Balaban J connectivity index is 2.74. The molecule has 1 aromatic carbocycles. The maximum atomic E-state index is 10.7. The second-order valence-electron chi connectivity index (χ2n) is 3.57. The van der Waals surface area contributed by atoms with Crippen molar-refractivity contribution in [2.24, 2.45) is 5.73 Å². The molecule has 0 spiro atoms. The van der Waals surface area contributed by atoms with E-state index >= 15 is 0 Å². The van der Waals surface area contributed by atoms with Crippen molar-refractivity contribution in [1.29, 1.82) is 0 Å². The molecule has 17 heavy (non-hydrogen) atoms. The minimum absolute atomic E-state index is 0.176. The van der Waals surface area contributed by atoms with Gasteiger partial charge in [-0.1, -0.05) is 24.3 Å². The van der Waals surface area contributed by atoms with Gasteiger partial charge in [0.1, 0.15) is 0 Å². The largest absolute Gasteiger partial charge is 0.478 e. The number of hydrogen-bond acceptors (Lipinski definition) is 2. The highest BCUT2D eigenvalue weighted by atomic mass is 16.4. The van der Waals surface area contributed by atoms with Gasteiger partial charge in [0.2, 0.25) is 0 Å². The summed E-state index contributed by atoms with van der Waals surface area (Å²) in [5.74, 6) is -0.988. The standard InChI is InChI=1S/C12H14N2O3/c1-8(14-12(13)17)10-5-2-9(3-6-10)4-7-11(15)16/h2-8H,1H3,(H,15,16)(H3,13,14,17). The summed E-state index contributed by atoms with van der Waals surface area (Å²) in [5, 5.41) is 11.0. The summed E-state index contributed by atoms with van der Waals surface area (Å²) in [4.78, 5) is 21.0. The van der Waals surface area contributed by atoms with Crippen molar-refractivity contribution in [1.82, 2.24) is 5.32 Å². The van der Waals surface area contributed by atoms with Crippen LogP contribution < -0.4 is 11.1 Å². The minimum atomic E-state index is -0.988. The molecule has 0 aromatic heterocycles. The fourth-order valence-corrected chi connectivity index (χ4v) is 1.36. The molecule has 5 nitrogen and oxygen atoms in total. The Labute approximate surface area is 98.9 Å². The molecule has 2 amide bonds. The molecule has 90 valence electrons. The lowest BCUT2D eigenvalue weighted by Gasteiger charge is -2.12. The Morgan fingerprint density at radius 1 is 1.35 bits per heavy atom. The first-order chi connectivity index (χ1) is 7.99. The van der Waals surface area contributed by atoms with Crippen molar-refractivity contribution in [2.45, 2.75) is 13.0 Å². The van der Waals surface area contributed by atoms with E-state index in [1.54, 1.807) is 12.1 Å². The Kier molecular flexibility index (Phi) is 4.28. The molecular formula is C12H14N2O3. The molecule has 1 atom stereocenters. The number of amides is 2. The highest BCUT2D eigenvalue weighted by molar-refractivity contribution is 5.85. The van der Waals surface area contributed by atoms with Crippen LogP contribution in [-0.2, 0) is 4.79 Å². The number of carbonyl (C=O) groups excluding carboxylic acids is 1. The van der Waals surface area contributed by atoms with Crippen molar-refractivity contribution < 1.29 is 14.7 Å². The SMILES string of the molecule is CC(NC(N)=O)c1ccc(C=CC(=O)O)cc1. The molecule has 1 aromatic rings. The smallest absolute Gasteiger partial charge is 0.328 e. The van der Waals surface area contributed by atoms with Gasteiger partial charge in [-0.25, -0.2) is 9.59 Å². The van der Waals surface area contributed by atoms with Crippen LogP contribution in [0, 0.1) is 0 Å². The van der Waals surface area contributed by atoms with Crippen LogP contribution in [0.15, 0.2) is 30.3 Å². The summed E-state index contributed by atoms with van der Waals surface area (Å²) < 4.78 is 0. The van der Waals surface area contributed by atoms with Gasteiger partial charge in [0.25, 0.3) is 0 Å². The van der Waals surface area contributed by atoms with Gasteiger partial charge >= 0.3 is 12.0 Å². The van der Waals surface area contributed by atoms with Gasteiger partial charge in [0.15, 0.2) is 0 Å². The van der Waals surface area contributed by atoms with E-state index in [1.807, 2.05) is 19.1 Å². The minimum Gasteiger partial charge on any atom is -0.478 e. The monoisotopic (exact) mass is 234 g/mol. The molecule has 5 heteroatoms. The van der Waals surface area contributed by atoms with E-state index < -0.39 is 12.0 Å². The van der Waals surface area contributed by atoms with Gasteiger partial charge in [-0.05, 0) is 24.1 Å². The number of urea groups is 1. The number of carboxylic acid groups (broad SMARTS) is 1. The van der Waals surface area contributed by atoms with E-state index in [0.29, 0.717) is 0 Å². The van der Waals surface area contributed by atoms with E-state index in [0.717, 1.165) is 17.2 Å². The first-order valence-corrected chi connectivity index (χ1v) is 5.06. The van der Waals surface area contributed by atoms with E-state index in [-0.39, 0.29) is 6.04 Å². The average Bonchev–Trinajstić information content (AvgIpc) is 2.26. The number of benzene rings is 1. The molecule has 0 heterocycles. The lowest BCUT2D eigenvalue weighted by molar-refractivity contribution is -0.131. The normalized spacial score (nSPS) is 12.3. The van der Waals surface area contributed by atoms with Crippen LogP contribution in [0.4, 0.5) is 4.79 Å². The van der Waals surface area contributed by atoms with Crippen LogP contribution >= 0.6 is 0 Å². The number of rotatable bonds is 4. The molecule has 1 unspecified atom stereocenters. The predicted octanol–water partition coefficient (Wildman–Crippen LogP) is 1.51. The summed E-state index contributed by atoms with van der Waals surface area (Å²) in [6.07, 6.45) is 2.57. The molecule has 1 rings (SSSR count). The predicted molar refractivity (Wildman–Crippen MR) is 64.2 cm³/mol. The molecule has 0 aliphatic carbocycles. The molecular weight excluding hydrogens is 220 g/mol. The summed E-state index contributed by atoms with van der Waals surface area (Å²) in [6, 6.07) is 6.41. The van der Waals surface area contributed by atoms with E-state index in [2.05, 4.69) is 5.32 Å². The third-order valence-corrected chi connectivity index (χ3v) is 2.21. The first kappa shape index (κ1) is 12.8. The summed E-state index contributed by atoms with van der Waals surface area (Å²) in [7, 11) is 0. The lowest BCUT2D eigenvalue weighted by atomic mass is 10.1. The van der Waals surface area contributed by atoms with Crippen LogP contribution in [0.1, 0.15) is 24.1 Å². The summed E-state index contributed by atoms with van der Waals surface area (Å²) in [6.45, 7) is 1.81.